The van der Waals surface area contributed by atoms with Gasteiger partial charge < -0.3 is 10.1 Å². The van der Waals surface area contributed by atoms with Crippen molar-refractivity contribution in [3.05, 3.63) is 16.6 Å². The lowest BCUT2D eigenvalue weighted by Crippen LogP contribution is -2.54. The molecule has 1 aliphatic heterocycles. The Hall–Kier alpha value is -0.490. The van der Waals surface area contributed by atoms with Gasteiger partial charge in [-0.1, -0.05) is 0 Å². The average molecular weight is 255 g/mol. The Kier molecular flexibility index (Phi) is 4.50. The van der Waals surface area contributed by atoms with E-state index in [9.17, 15) is 0 Å². The van der Waals surface area contributed by atoms with Crippen molar-refractivity contribution in [3.8, 4) is 0 Å². The first-order chi connectivity index (χ1) is 8.18. The third-order valence-corrected chi connectivity index (χ3v) is 3.96. The zero-order chi connectivity index (χ0) is 12.1. The molecule has 1 aromatic rings. The molecule has 0 spiro atoms. The minimum absolute atomic E-state index is 0.182. The van der Waals surface area contributed by atoms with Crippen molar-refractivity contribution in [1.82, 2.24) is 15.2 Å². The van der Waals surface area contributed by atoms with E-state index >= 15 is 0 Å². The summed E-state index contributed by atoms with van der Waals surface area (Å²) in [7, 11) is 0. The number of hydrogen-bond donors (Lipinski definition) is 1. The zero-order valence-electron chi connectivity index (χ0n) is 10.6. The van der Waals surface area contributed by atoms with Gasteiger partial charge in [0.2, 0.25) is 0 Å². The average Bonchev–Trinajstić information content (AvgIpc) is 2.83. The molecule has 0 atom stereocenters. The fraction of sp³-hybridized carbons (Fsp3) is 0.750. The second kappa shape index (κ2) is 5.91. The maximum absolute atomic E-state index is 5.39. The van der Waals surface area contributed by atoms with Crippen LogP contribution in [0, 0.1) is 0 Å². The van der Waals surface area contributed by atoms with Gasteiger partial charge in [-0.15, -0.1) is 11.3 Å². The van der Waals surface area contributed by atoms with Crippen LogP contribution in [-0.4, -0.2) is 48.3 Å². The van der Waals surface area contributed by atoms with E-state index in [1.165, 1.54) is 0 Å². The van der Waals surface area contributed by atoms with Crippen LogP contribution in [0.1, 0.15) is 18.9 Å². The van der Waals surface area contributed by atoms with Crippen LogP contribution < -0.4 is 5.32 Å². The summed E-state index contributed by atoms with van der Waals surface area (Å²) in [6, 6.07) is 0. The van der Waals surface area contributed by atoms with Crippen molar-refractivity contribution in [2.45, 2.75) is 25.9 Å². The number of aromatic nitrogens is 1. The first kappa shape index (κ1) is 13.0. The molecule has 1 aromatic heterocycles. The summed E-state index contributed by atoms with van der Waals surface area (Å²) in [5, 5.41) is 6.66. The molecule has 5 heteroatoms. The molecule has 1 fully saturated rings. The fourth-order valence-corrected chi connectivity index (χ4v) is 2.68. The van der Waals surface area contributed by atoms with Crippen molar-refractivity contribution in [1.29, 1.82) is 0 Å². The molecule has 1 saturated heterocycles. The molecular weight excluding hydrogens is 234 g/mol. The standard InChI is InChI=1S/C12H21N3OS/c1-12(2,15-4-6-16-7-5-15)10-13-9-11-14-3-8-17-11/h3,8,13H,4-7,9-10H2,1-2H3. The summed E-state index contributed by atoms with van der Waals surface area (Å²) in [6.45, 7) is 10.2. The predicted molar refractivity (Wildman–Crippen MR) is 70.3 cm³/mol. The minimum atomic E-state index is 0.182. The molecule has 0 saturated carbocycles. The quantitative estimate of drug-likeness (QED) is 0.861. The van der Waals surface area contributed by atoms with Crippen molar-refractivity contribution < 1.29 is 4.74 Å². The van der Waals surface area contributed by atoms with Gasteiger partial charge in [0.25, 0.3) is 0 Å². The second-order valence-electron chi connectivity index (χ2n) is 4.94. The summed E-state index contributed by atoms with van der Waals surface area (Å²) in [6.07, 6.45) is 1.86. The van der Waals surface area contributed by atoms with Gasteiger partial charge in [0.1, 0.15) is 5.01 Å². The molecule has 0 aliphatic carbocycles. The lowest BCUT2D eigenvalue weighted by molar-refractivity contribution is -0.00967. The van der Waals surface area contributed by atoms with Gasteiger partial charge in [-0.25, -0.2) is 4.98 Å². The van der Waals surface area contributed by atoms with Crippen LogP contribution in [0.25, 0.3) is 0 Å². The van der Waals surface area contributed by atoms with Crippen molar-refractivity contribution in [2.75, 3.05) is 32.8 Å². The highest BCUT2D eigenvalue weighted by Crippen LogP contribution is 2.15. The van der Waals surface area contributed by atoms with Gasteiger partial charge in [-0.05, 0) is 13.8 Å². The molecule has 1 aliphatic rings. The lowest BCUT2D eigenvalue weighted by atomic mass is 10.0. The summed E-state index contributed by atoms with van der Waals surface area (Å²) in [4.78, 5) is 6.76. The Balaban J connectivity index is 1.76. The highest BCUT2D eigenvalue weighted by Gasteiger charge is 2.27. The van der Waals surface area contributed by atoms with Crippen LogP contribution in [-0.2, 0) is 11.3 Å². The van der Waals surface area contributed by atoms with Crippen molar-refractivity contribution in [2.24, 2.45) is 0 Å². The van der Waals surface area contributed by atoms with Crippen LogP contribution in [0.4, 0.5) is 0 Å². The maximum atomic E-state index is 5.39. The molecule has 0 unspecified atom stereocenters. The Morgan fingerprint density at radius 1 is 1.47 bits per heavy atom. The van der Waals surface area contributed by atoms with E-state index in [0.717, 1.165) is 44.4 Å². The molecule has 17 heavy (non-hydrogen) atoms. The van der Waals surface area contributed by atoms with Crippen molar-refractivity contribution >= 4 is 11.3 Å². The number of ether oxygens (including phenoxy) is 1. The monoisotopic (exact) mass is 255 g/mol. The largest absolute Gasteiger partial charge is 0.379 e. The fourth-order valence-electron chi connectivity index (χ4n) is 2.10. The zero-order valence-corrected chi connectivity index (χ0v) is 11.4. The van der Waals surface area contributed by atoms with Crippen LogP contribution in [0.15, 0.2) is 11.6 Å². The molecule has 0 radical (unpaired) electrons. The Morgan fingerprint density at radius 2 is 2.24 bits per heavy atom. The van der Waals surface area contributed by atoms with E-state index < -0.39 is 0 Å². The van der Waals surface area contributed by atoms with E-state index in [1.54, 1.807) is 11.3 Å². The van der Waals surface area contributed by atoms with Crippen LogP contribution in [0.2, 0.25) is 0 Å². The number of nitrogens with zero attached hydrogens (tertiary/aromatic N) is 2. The molecule has 4 nitrogen and oxygen atoms in total. The maximum Gasteiger partial charge on any atom is 0.106 e. The normalized spacial score (nSPS) is 18.5. The topological polar surface area (TPSA) is 37.4 Å². The van der Waals surface area contributed by atoms with E-state index in [-0.39, 0.29) is 5.54 Å². The molecular formula is C12H21N3OS. The Labute approximate surface area is 107 Å². The molecule has 0 aromatic carbocycles. The lowest BCUT2D eigenvalue weighted by Gasteiger charge is -2.41. The van der Waals surface area contributed by atoms with Gasteiger partial charge in [0.05, 0.1) is 13.2 Å². The molecule has 2 rings (SSSR count). The summed E-state index contributed by atoms with van der Waals surface area (Å²) >= 11 is 1.70. The number of rotatable bonds is 5. The summed E-state index contributed by atoms with van der Waals surface area (Å²) in [5.74, 6) is 0. The van der Waals surface area contributed by atoms with Gasteiger partial charge in [-0.3, -0.25) is 4.90 Å². The van der Waals surface area contributed by atoms with Crippen LogP contribution in [0.3, 0.4) is 0 Å². The van der Waals surface area contributed by atoms with E-state index in [1.807, 2.05) is 11.6 Å². The highest BCUT2D eigenvalue weighted by molar-refractivity contribution is 7.09. The molecule has 96 valence electrons. The van der Waals surface area contributed by atoms with Gasteiger partial charge >= 0.3 is 0 Å². The Bertz CT molecular complexity index is 321. The van der Waals surface area contributed by atoms with E-state index in [0.29, 0.717) is 0 Å². The summed E-state index contributed by atoms with van der Waals surface area (Å²) in [5.41, 5.74) is 0.182. The predicted octanol–water partition coefficient (Wildman–Crippen LogP) is 1.34. The van der Waals surface area contributed by atoms with Gasteiger partial charge in [0.15, 0.2) is 0 Å². The van der Waals surface area contributed by atoms with E-state index in [2.05, 4.69) is 29.0 Å². The molecule has 0 amide bonds. The highest BCUT2D eigenvalue weighted by atomic mass is 32.1. The third-order valence-electron chi connectivity index (χ3n) is 3.18. The Morgan fingerprint density at radius 3 is 2.88 bits per heavy atom. The molecule has 2 heterocycles. The number of thiazole rings is 1. The molecule has 1 N–H and O–H groups in total. The summed E-state index contributed by atoms with van der Waals surface area (Å²) < 4.78 is 5.39. The van der Waals surface area contributed by atoms with Gasteiger partial charge in [0, 0.05) is 43.3 Å². The van der Waals surface area contributed by atoms with Crippen LogP contribution in [0.5, 0.6) is 0 Å². The SMILES string of the molecule is CC(C)(CNCc1nccs1)N1CCOCC1. The smallest absolute Gasteiger partial charge is 0.106 e. The minimum Gasteiger partial charge on any atom is -0.379 e. The van der Waals surface area contributed by atoms with Gasteiger partial charge in [-0.2, -0.15) is 0 Å². The molecule has 0 bridgehead atoms. The third kappa shape index (κ3) is 3.74. The first-order valence-corrected chi connectivity index (χ1v) is 6.98. The second-order valence-corrected chi connectivity index (χ2v) is 5.92. The number of hydrogen-bond acceptors (Lipinski definition) is 5. The van der Waals surface area contributed by atoms with E-state index in [4.69, 9.17) is 4.74 Å². The van der Waals surface area contributed by atoms with Crippen molar-refractivity contribution in [3.63, 3.8) is 0 Å². The number of nitrogens with one attached hydrogen (secondary N) is 1. The first-order valence-electron chi connectivity index (χ1n) is 6.10. The van der Waals surface area contributed by atoms with Crippen LogP contribution >= 0.6 is 11.3 Å². The number of morpholine rings is 1.